The van der Waals surface area contributed by atoms with Gasteiger partial charge in [-0.2, -0.15) is 0 Å². The van der Waals surface area contributed by atoms with Gasteiger partial charge < -0.3 is 30.3 Å². The number of primary amides is 1. The third-order valence-corrected chi connectivity index (χ3v) is 3.09. The minimum atomic E-state index is -0.711. The number of ether oxygens (including phenoxy) is 1. The molecule has 0 heterocycles. The molecule has 0 radical (unpaired) electrons. The molecule has 0 saturated carbocycles. The molecule has 1 aromatic carbocycles. The molecule has 7 nitrogen and oxygen atoms in total. The third-order valence-electron chi connectivity index (χ3n) is 3.09. The van der Waals surface area contributed by atoms with Gasteiger partial charge in [0.25, 0.3) is 0 Å². The van der Waals surface area contributed by atoms with Gasteiger partial charge in [0, 0.05) is 30.8 Å². The topological polar surface area (TPSA) is 82.3 Å². The van der Waals surface area contributed by atoms with Crippen LogP contribution < -0.4 is 5.73 Å². The Morgan fingerprint density at radius 1 is 0.960 bits per heavy atom. The lowest BCUT2D eigenvalue weighted by atomic mass is 10.0. The fraction of sp³-hybridized carbons (Fsp3) is 0.611. The number of nitrogens with two attached hydrogens (primary N) is 1. The molecular weight excluding hydrogens is 320 g/mol. The predicted octanol–water partition coefficient (Wildman–Crippen LogP) is 1.68. The highest BCUT2D eigenvalue weighted by atomic mass is 16.5. The van der Waals surface area contributed by atoms with Crippen molar-refractivity contribution in [3.05, 3.63) is 28.8 Å². The van der Waals surface area contributed by atoms with Gasteiger partial charge in [-0.15, -0.1) is 0 Å². The Hall–Kier alpha value is -1.83. The van der Waals surface area contributed by atoms with Gasteiger partial charge >= 0.3 is 6.09 Å². The van der Waals surface area contributed by atoms with Crippen LogP contribution in [0.3, 0.4) is 0 Å². The molecule has 25 heavy (non-hydrogen) atoms. The largest absolute Gasteiger partial charge is 0.507 e. The molecule has 144 valence electrons. The molecule has 0 saturated heterocycles. The van der Waals surface area contributed by atoms with Crippen molar-refractivity contribution in [2.75, 3.05) is 48.9 Å². The lowest BCUT2D eigenvalue weighted by Crippen LogP contribution is -2.16. The summed E-state index contributed by atoms with van der Waals surface area (Å²) < 4.78 is 4.18. The first-order chi connectivity index (χ1) is 11.6. The maximum atomic E-state index is 10.4. The van der Waals surface area contributed by atoms with Crippen LogP contribution >= 0.6 is 0 Å². The van der Waals surface area contributed by atoms with Crippen LogP contribution in [0.2, 0.25) is 0 Å². The molecule has 0 unspecified atom stereocenters. The van der Waals surface area contributed by atoms with Crippen LogP contribution in [0.15, 0.2) is 12.1 Å². The first-order valence-electron chi connectivity index (χ1n) is 8.26. The van der Waals surface area contributed by atoms with E-state index in [0.717, 1.165) is 30.8 Å². The highest BCUT2D eigenvalue weighted by Gasteiger charge is 2.12. The fourth-order valence-corrected chi connectivity index (χ4v) is 2.35. The van der Waals surface area contributed by atoms with Gasteiger partial charge in [-0.3, -0.25) is 0 Å². The second kappa shape index (κ2) is 11.7. The second-order valence-electron chi connectivity index (χ2n) is 6.73. The molecule has 1 rings (SSSR count). The van der Waals surface area contributed by atoms with Crippen LogP contribution in [0.5, 0.6) is 5.75 Å². The van der Waals surface area contributed by atoms with Crippen molar-refractivity contribution >= 4 is 6.09 Å². The van der Waals surface area contributed by atoms with Crippen LogP contribution in [0, 0.1) is 0 Å². The number of hydrogen-bond acceptors (Lipinski definition) is 6. The van der Waals surface area contributed by atoms with Crippen molar-refractivity contribution in [2.24, 2.45) is 5.73 Å². The molecule has 0 atom stereocenters. The zero-order valence-electron chi connectivity index (χ0n) is 16.7. The van der Waals surface area contributed by atoms with Gasteiger partial charge in [0.1, 0.15) is 5.75 Å². The number of carbonyl (C=O) groups is 1. The van der Waals surface area contributed by atoms with Crippen LogP contribution in [0.4, 0.5) is 4.79 Å². The number of rotatable bonds is 7. The molecular formula is C18H34N4O3. The van der Waals surface area contributed by atoms with E-state index in [4.69, 9.17) is 0 Å². The summed E-state index contributed by atoms with van der Waals surface area (Å²) in [5.74, 6) is 0.435. The lowest BCUT2D eigenvalue weighted by molar-refractivity contribution is 0.163. The number of carbonyl (C=O) groups excluding carboxylic acids is 1. The van der Waals surface area contributed by atoms with E-state index in [2.05, 4.69) is 51.4 Å². The van der Waals surface area contributed by atoms with Crippen molar-refractivity contribution in [1.82, 2.24) is 14.7 Å². The van der Waals surface area contributed by atoms with E-state index in [1.165, 1.54) is 5.56 Å². The Kier molecular flexibility index (Phi) is 10.8. The standard InChI is InChI=1S/C15H27N3O.C3H7NO2/c1-16(2)9-12-7-13(10-17(3)4)15(19)14(8-12)11-18(5)6;1-2-6-3(4)5/h7-8,19H,9-11H2,1-6H3;2H2,1H3,(H2,4,5). The van der Waals surface area contributed by atoms with Gasteiger partial charge in [0.05, 0.1) is 6.61 Å². The minimum absolute atomic E-state index is 0.356. The van der Waals surface area contributed by atoms with Crippen LogP contribution in [-0.4, -0.2) is 74.8 Å². The second-order valence-corrected chi connectivity index (χ2v) is 6.73. The predicted molar refractivity (Wildman–Crippen MR) is 101 cm³/mol. The molecule has 0 spiro atoms. The number of phenols is 1. The zero-order chi connectivity index (χ0) is 19.6. The molecule has 7 heteroatoms. The summed E-state index contributed by atoms with van der Waals surface area (Å²) >= 11 is 0. The van der Waals surface area contributed by atoms with E-state index < -0.39 is 6.09 Å². The van der Waals surface area contributed by atoms with Crippen molar-refractivity contribution < 1.29 is 14.6 Å². The first kappa shape index (κ1) is 23.2. The lowest BCUT2D eigenvalue weighted by Gasteiger charge is -2.19. The SMILES string of the molecule is CCOC(N)=O.CN(C)Cc1cc(CN(C)C)c(O)c(CN(C)C)c1. The summed E-state index contributed by atoms with van der Waals surface area (Å²) in [6.45, 7) is 4.46. The zero-order valence-corrected chi connectivity index (χ0v) is 16.7. The Bertz CT molecular complexity index is 500. The van der Waals surface area contributed by atoms with Crippen LogP contribution in [0.25, 0.3) is 0 Å². The average molecular weight is 354 g/mol. The Labute approximate surface area is 152 Å². The smallest absolute Gasteiger partial charge is 0.404 e. The van der Waals surface area contributed by atoms with E-state index in [0.29, 0.717) is 12.4 Å². The maximum Gasteiger partial charge on any atom is 0.404 e. The van der Waals surface area contributed by atoms with Gasteiger partial charge in [-0.1, -0.05) is 0 Å². The summed E-state index contributed by atoms with van der Waals surface area (Å²) in [5.41, 5.74) is 7.79. The molecule has 0 aliphatic rings. The minimum Gasteiger partial charge on any atom is -0.507 e. The summed E-state index contributed by atoms with van der Waals surface area (Å²) in [6, 6.07) is 4.21. The Morgan fingerprint density at radius 3 is 1.60 bits per heavy atom. The third kappa shape index (κ3) is 10.6. The Balaban J connectivity index is 0.000000823. The normalized spacial score (nSPS) is 10.8. The van der Waals surface area contributed by atoms with Crippen molar-refractivity contribution in [3.8, 4) is 5.75 Å². The number of benzene rings is 1. The molecule has 1 aromatic rings. The van der Waals surface area contributed by atoms with Crippen molar-refractivity contribution in [1.29, 1.82) is 0 Å². The molecule has 0 bridgehead atoms. The van der Waals surface area contributed by atoms with E-state index in [9.17, 15) is 9.90 Å². The summed E-state index contributed by atoms with van der Waals surface area (Å²) in [7, 11) is 12.2. The average Bonchev–Trinajstić information content (AvgIpc) is 2.42. The summed E-state index contributed by atoms with van der Waals surface area (Å²) in [5, 5.41) is 10.4. The van der Waals surface area contributed by atoms with Gasteiger partial charge in [0.2, 0.25) is 0 Å². The van der Waals surface area contributed by atoms with E-state index in [-0.39, 0.29) is 0 Å². The summed E-state index contributed by atoms with van der Waals surface area (Å²) in [6.07, 6.45) is -0.711. The Morgan fingerprint density at radius 2 is 1.36 bits per heavy atom. The van der Waals surface area contributed by atoms with E-state index >= 15 is 0 Å². The van der Waals surface area contributed by atoms with Gasteiger partial charge in [-0.25, -0.2) is 4.79 Å². The summed E-state index contributed by atoms with van der Waals surface area (Å²) in [4.78, 5) is 15.9. The first-order valence-corrected chi connectivity index (χ1v) is 8.26. The van der Waals surface area contributed by atoms with Crippen LogP contribution in [0.1, 0.15) is 23.6 Å². The highest BCUT2D eigenvalue weighted by Crippen LogP contribution is 2.27. The molecule has 0 aliphatic heterocycles. The van der Waals surface area contributed by atoms with E-state index in [1.807, 2.05) is 28.2 Å². The number of phenolic OH excluding ortho intramolecular Hbond substituents is 1. The van der Waals surface area contributed by atoms with Gasteiger partial charge in [-0.05, 0) is 66.9 Å². The number of nitrogens with zero attached hydrogens (tertiary/aromatic N) is 3. The molecule has 0 aliphatic carbocycles. The van der Waals surface area contributed by atoms with E-state index in [1.54, 1.807) is 6.92 Å². The molecule has 1 amide bonds. The maximum absolute atomic E-state index is 10.4. The highest BCUT2D eigenvalue weighted by molar-refractivity contribution is 5.64. The fourth-order valence-electron chi connectivity index (χ4n) is 2.35. The molecule has 0 aromatic heterocycles. The van der Waals surface area contributed by atoms with Crippen molar-refractivity contribution in [2.45, 2.75) is 26.6 Å². The molecule has 3 N–H and O–H groups in total. The quantitative estimate of drug-likeness (QED) is 0.775. The number of hydrogen-bond donors (Lipinski definition) is 2. The van der Waals surface area contributed by atoms with Crippen molar-refractivity contribution in [3.63, 3.8) is 0 Å². The monoisotopic (exact) mass is 354 g/mol. The van der Waals surface area contributed by atoms with Gasteiger partial charge in [0.15, 0.2) is 0 Å². The number of aromatic hydroxyl groups is 1. The number of amides is 1. The molecule has 0 fully saturated rings. The van der Waals surface area contributed by atoms with Crippen LogP contribution in [-0.2, 0) is 24.4 Å².